The van der Waals surface area contributed by atoms with Crippen molar-refractivity contribution in [2.75, 3.05) is 6.61 Å². The van der Waals surface area contributed by atoms with E-state index < -0.39 is 28.9 Å². The summed E-state index contributed by atoms with van der Waals surface area (Å²) in [6, 6.07) is 5.65. The topological polar surface area (TPSA) is 119 Å². The molecule has 0 radical (unpaired) electrons. The van der Waals surface area contributed by atoms with Crippen LogP contribution in [0, 0.1) is 10.1 Å². The third-order valence-electron chi connectivity index (χ3n) is 4.46. The van der Waals surface area contributed by atoms with Crippen LogP contribution in [-0.4, -0.2) is 39.8 Å². The molecule has 156 valence electrons. The lowest BCUT2D eigenvalue weighted by Gasteiger charge is -2.34. The van der Waals surface area contributed by atoms with Gasteiger partial charge in [0.2, 0.25) is 0 Å². The molecule has 1 unspecified atom stereocenters. The number of carbonyl (C=O) groups is 2. The Morgan fingerprint density at radius 2 is 1.79 bits per heavy atom. The monoisotopic (exact) mass is 404 g/mol. The van der Waals surface area contributed by atoms with Gasteiger partial charge < -0.3 is 9.47 Å². The zero-order valence-electron chi connectivity index (χ0n) is 17.0. The number of nitro benzene ring substituents is 1. The maximum atomic E-state index is 12.9. The van der Waals surface area contributed by atoms with Crippen LogP contribution in [0.3, 0.4) is 0 Å². The first-order valence-corrected chi connectivity index (χ1v) is 9.13. The summed E-state index contributed by atoms with van der Waals surface area (Å²) in [7, 11) is 0. The Morgan fingerprint density at radius 1 is 1.21 bits per heavy atom. The quantitative estimate of drug-likeness (QED) is 0.435. The maximum Gasteiger partial charge on any atom is 0.337 e. The van der Waals surface area contributed by atoms with Gasteiger partial charge in [0.25, 0.3) is 5.69 Å². The van der Waals surface area contributed by atoms with Crippen LogP contribution in [0.15, 0.2) is 46.8 Å². The summed E-state index contributed by atoms with van der Waals surface area (Å²) >= 11 is 0. The van der Waals surface area contributed by atoms with Gasteiger partial charge in [-0.3, -0.25) is 15.3 Å². The first kappa shape index (κ1) is 22.1. The van der Waals surface area contributed by atoms with Gasteiger partial charge in [0.05, 0.1) is 46.1 Å². The van der Waals surface area contributed by atoms with E-state index in [9.17, 15) is 24.9 Å². The molecule has 29 heavy (non-hydrogen) atoms. The first-order valence-electron chi connectivity index (χ1n) is 9.13. The normalized spacial score (nSPS) is 16.9. The van der Waals surface area contributed by atoms with E-state index in [4.69, 9.17) is 9.47 Å². The van der Waals surface area contributed by atoms with E-state index in [1.165, 1.54) is 32.0 Å². The lowest BCUT2D eigenvalue weighted by Crippen LogP contribution is -2.34. The fraction of sp³-hybridized carbons (Fsp3) is 0.400. The molecule has 2 rings (SSSR count). The fourth-order valence-electron chi connectivity index (χ4n) is 3.21. The Labute approximate surface area is 168 Å². The summed E-state index contributed by atoms with van der Waals surface area (Å²) in [6.07, 6.45) is -0.446. The molecule has 0 aliphatic carbocycles. The van der Waals surface area contributed by atoms with E-state index in [1.807, 2.05) is 0 Å². The summed E-state index contributed by atoms with van der Waals surface area (Å²) in [5.74, 6) is -2.46. The minimum Gasteiger partial charge on any atom is -0.463 e. The highest BCUT2D eigenvalue weighted by molar-refractivity contribution is 5.99. The third kappa shape index (κ3) is 4.45. The van der Waals surface area contributed by atoms with Crippen LogP contribution >= 0.6 is 0 Å². The number of hydroxylamine groups is 2. The molecule has 0 saturated heterocycles. The van der Waals surface area contributed by atoms with Crippen molar-refractivity contribution in [2.24, 2.45) is 0 Å². The van der Waals surface area contributed by atoms with E-state index in [0.29, 0.717) is 5.56 Å². The molecule has 1 heterocycles. The zero-order valence-corrected chi connectivity index (χ0v) is 17.0. The Balaban J connectivity index is 2.76. The largest absolute Gasteiger partial charge is 0.463 e. The summed E-state index contributed by atoms with van der Waals surface area (Å²) < 4.78 is 10.4. The average molecular weight is 404 g/mol. The molecule has 0 amide bonds. The van der Waals surface area contributed by atoms with E-state index in [-0.39, 0.29) is 34.8 Å². The van der Waals surface area contributed by atoms with Crippen LogP contribution in [0.5, 0.6) is 0 Å². The number of hydrogen-bond acceptors (Lipinski definition) is 8. The second kappa shape index (κ2) is 8.87. The number of nitrogens with zero attached hydrogens (tertiary/aromatic N) is 2. The highest BCUT2D eigenvalue weighted by atomic mass is 16.6. The number of esters is 2. The highest BCUT2D eigenvalue weighted by Crippen LogP contribution is 2.43. The highest BCUT2D eigenvalue weighted by Gasteiger charge is 2.41. The van der Waals surface area contributed by atoms with Gasteiger partial charge >= 0.3 is 11.9 Å². The summed E-state index contributed by atoms with van der Waals surface area (Å²) in [5, 5.41) is 22.5. The Kier molecular flexibility index (Phi) is 6.76. The van der Waals surface area contributed by atoms with Crippen molar-refractivity contribution in [3.8, 4) is 0 Å². The molecule has 0 saturated carbocycles. The first-order chi connectivity index (χ1) is 13.6. The molecule has 1 aromatic carbocycles. The van der Waals surface area contributed by atoms with Crippen LogP contribution in [0.2, 0.25) is 0 Å². The zero-order chi connectivity index (χ0) is 21.9. The van der Waals surface area contributed by atoms with Crippen molar-refractivity contribution in [2.45, 2.75) is 46.6 Å². The Bertz CT molecular complexity index is 902. The average Bonchev–Trinajstić information content (AvgIpc) is 2.65. The molecule has 0 spiro atoms. The number of benzene rings is 1. The number of hydrogen-bond donors (Lipinski definition) is 1. The molecule has 9 nitrogen and oxygen atoms in total. The molecule has 1 aliphatic heterocycles. The smallest absolute Gasteiger partial charge is 0.337 e. The van der Waals surface area contributed by atoms with Gasteiger partial charge in [-0.25, -0.2) is 14.7 Å². The fourth-order valence-corrected chi connectivity index (χ4v) is 3.21. The van der Waals surface area contributed by atoms with Crippen LogP contribution in [0.1, 0.15) is 46.1 Å². The summed E-state index contributed by atoms with van der Waals surface area (Å²) in [5.41, 5.74) is 0.497. The van der Waals surface area contributed by atoms with Crippen LogP contribution in [-0.2, 0) is 19.1 Å². The van der Waals surface area contributed by atoms with Crippen LogP contribution in [0.4, 0.5) is 5.69 Å². The van der Waals surface area contributed by atoms with Crippen LogP contribution < -0.4 is 0 Å². The second-order valence-electron chi connectivity index (χ2n) is 6.77. The van der Waals surface area contributed by atoms with Gasteiger partial charge in [0.15, 0.2) is 0 Å². The Morgan fingerprint density at radius 3 is 2.31 bits per heavy atom. The van der Waals surface area contributed by atoms with E-state index in [2.05, 4.69) is 0 Å². The van der Waals surface area contributed by atoms with Gasteiger partial charge in [0, 0.05) is 12.1 Å². The van der Waals surface area contributed by atoms with Crippen molar-refractivity contribution in [1.29, 1.82) is 0 Å². The van der Waals surface area contributed by atoms with Crippen molar-refractivity contribution in [1.82, 2.24) is 5.06 Å². The van der Waals surface area contributed by atoms with E-state index >= 15 is 0 Å². The molecule has 1 aliphatic rings. The molecule has 1 aromatic rings. The number of carbonyl (C=O) groups excluding carboxylic acids is 2. The summed E-state index contributed by atoms with van der Waals surface area (Å²) in [6.45, 7) is 8.06. The lowest BCUT2D eigenvalue weighted by molar-refractivity contribution is -0.384. The molecule has 0 fully saturated rings. The Hall–Kier alpha value is -3.20. The van der Waals surface area contributed by atoms with Crippen molar-refractivity contribution < 1.29 is 29.2 Å². The molecule has 1 N–H and O–H groups in total. The molecular formula is C20H24N2O7. The number of nitro groups is 1. The van der Waals surface area contributed by atoms with Crippen molar-refractivity contribution in [3.05, 3.63) is 62.5 Å². The third-order valence-corrected chi connectivity index (χ3v) is 4.46. The van der Waals surface area contributed by atoms with Gasteiger partial charge in [-0.1, -0.05) is 12.1 Å². The van der Waals surface area contributed by atoms with Crippen molar-refractivity contribution in [3.63, 3.8) is 0 Å². The SMILES string of the molecule is CCOC(=O)C1=C(C)N(O)C(C)=C(C(=O)OC(C)C)C1c1cccc([N+](=O)[O-])c1. The minimum absolute atomic E-state index is 0.00958. The van der Waals surface area contributed by atoms with Gasteiger partial charge in [-0.15, -0.1) is 0 Å². The van der Waals surface area contributed by atoms with E-state index in [0.717, 1.165) is 5.06 Å². The van der Waals surface area contributed by atoms with Gasteiger partial charge in [0.1, 0.15) is 0 Å². The minimum atomic E-state index is -0.997. The van der Waals surface area contributed by atoms with Gasteiger partial charge in [-0.2, -0.15) is 0 Å². The predicted octanol–water partition coefficient (Wildman–Crippen LogP) is 3.45. The number of rotatable bonds is 6. The molecule has 1 atom stereocenters. The molecule has 9 heteroatoms. The number of non-ortho nitro benzene ring substituents is 1. The summed E-state index contributed by atoms with van der Waals surface area (Å²) in [4.78, 5) is 36.3. The number of allylic oxidation sites excluding steroid dienone is 2. The second-order valence-corrected chi connectivity index (χ2v) is 6.77. The van der Waals surface area contributed by atoms with E-state index in [1.54, 1.807) is 26.8 Å². The molecule has 0 bridgehead atoms. The molecular weight excluding hydrogens is 380 g/mol. The number of ether oxygens (including phenoxy) is 2. The standard InChI is InChI=1S/C20H24N2O7/c1-6-28-19(23)16-12(4)21(25)13(5)17(20(24)29-11(2)3)18(16)14-8-7-9-15(10-14)22(26)27/h7-11,18,25H,6H2,1-5H3. The molecule has 0 aromatic heterocycles. The van der Waals surface area contributed by atoms with Crippen LogP contribution in [0.25, 0.3) is 0 Å². The maximum absolute atomic E-state index is 12.9. The predicted molar refractivity (Wildman–Crippen MR) is 103 cm³/mol. The van der Waals surface area contributed by atoms with Crippen molar-refractivity contribution >= 4 is 17.6 Å². The van der Waals surface area contributed by atoms with Gasteiger partial charge in [-0.05, 0) is 40.2 Å². The lowest BCUT2D eigenvalue weighted by atomic mass is 9.80.